The normalized spacial score (nSPS) is 23.0. The largest absolute Gasteiger partial charge is 0.381 e. The smallest absolute Gasteiger partial charge is 0.0548 e. The lowest BCUT2D eigenvalue weighted by atomic mass is 9.93. The number of hydrogen-bond donors (Lipinski definition) is 1. The topological polar surface area (TPSA) is 35.2 Å². The number of nitrogens with two attached hydrogens (primary N) is 1. The maximum absolute atomic E-state index is 6.18. The van der Waals surface area contributed by atoms with Gasteiger partial charge < -0.3 is 10.5 Å². The minimum absolute atomic E-state index is 0.0427. The molecule has 2 nitrogen and oxygen atoms in total. The van der Waals surface area contributed by atoms with Crippen LogP contribution in [-0.4, -0.2) is 13.2 Å². The summed E-state index contributed by atoms with van der Waals surface area (Å²) < 4.78 is 6.23. The van der Waals surface area contributed by atoms with Crippen LogP contribution in [0.3, 0.4) is 0 Å². The highest BCUT2D eigenvalue weighted by Gasteiger charge is 2.24. The standard InChI is InChI=1S/C11H13BrClNO/c12-9-5-7(1-2-10(9)13)11(14)8-3-4-15-6-8/h1-2,5,8,11H,3-4,6,14H2. The molecule has 1 heterocycles. The van der Waals surface area contributed by atoms with Crippen molar-refractivity contribution in [1.29, 1.82) is 0 Å². The van der Waals surface area contributed by atoms with Crippen molar-refractivity contribution in [2.24, 2.45) is 11.7 Å². The van der Waals surface area contributed by atoms with Crippen LogP contribution in [0.2, 0.25) is 5.02 Å². The van der Waals surface area contributed by atoms with Crippen LogP contribution in [0.5, 0.6) is 0 Å². The van der Waals surface area contributed by atoms with Crippen molar-refractivity contribution in [3.63, 3.8) is 0 Å². The Bertz CT molecular complexity index is 352. The fraction of sp³-hybridized carbons (Fsp3) is 0.455. The molecule has 1 aromatic carbocycles. The average molecular weight is 291 g/mol. The third-order valence-electron chi connectivity index (χ3n) is 2.80. The summed E-state index contributed by atoms with van der Waals surface area (Å²) in [6, 6.07) is 5.89. The molecule has 2 atom stereocenters. The first kappa shape index (κ1) is 11.4. The Hall–Kier alpha value is -0.0900. The average Bonchev–Trinajstić information content (AvgIpc) is 2.74. The zero-order valence-corrected chi connectivity index (χ0v) is 10.6. The summed E-state index contributed by atoms with van der Waals surface area (Å²) in [4.78, 5) is 0. The van der Waals surface area contributed by atoms with Gasteiger partial charge in [0.1, 0.15) is 0 Å². The summed E-state index contributed by atoms with van der Waals surface area (Å²) in [5.41, 5.74) is 7.29. The van der Waals surface area contributed by atoms with E-state index >= 15 is 0 Å². The van der Waals surface area contributed by atoms with E-state index in [0.717, 1.165) is 29.7 Å². The molecule has 2 N–H and O–H groups in total. The molecule has 1 fully saturated rings. The number of halogens is 2. The van der Waals surface area contributed by atoms with Gasteiger partial charge in [-0.1, -0.05) is 17.7 Å². The summed E-state index contributed by atoms with van der Waals surface area (Å²) in [7, 11) is 0. The van der Waals surface area contributed by atoms with E-state index in [-0.39, 0.29) is 6.04 Å². The molecule has 4 heteroatoms. The minimum atomic E-state index is 0.0427. The molecule has 0 bridgehead atoms. The number of benzene rings is 1. The molecule has 0 radical (unpaired) electrons. The maximum atomic E-state index is 6.18. The van der Waals surface area contributed by atoms with Crippen molar-refractivity contribution in [3.8, 4) is 0 Å². The highest BCUT2D eigenvalue weighted by atomic mass is 79.9. The van der Waals surface area contributed by atoms with E-state index in [0.29, 0.717) is 10.9 Å². The van der Waals surface area contributed by atoms with Crippen LogP contribution in [0, 0.1) is 5.92 Å². The fourth-order valence-corrected chi connectivity index (χ4v) is 2.34. The predicted molar refractivity (Wildman–Crippen MR) is 65.0 cm³/mol. The van der Waals surface area contributed by atoms with E-state index in [4.69, 9.17) is 22.1 Å². The van der Waals surface area contributed by atoms with Crippen molar-refractivity contribution in [3.05, 3.63) is 33.3 Å². The van der Waals surface area contributed by atoms with Crippen molar-refractivity contribution >= 4 is 27.5 Å². The second-order valence-corrected chi connectivity index (χ2v) is 5.08. The van der Waals surface area contributed by atoms with Gasteiger partial charge in [0.15, 0.2) is 0 Å². The lowest BCUT2D eigenvalue weighted by Crippen LogP contribution is -2.21. The Labute approximate surface area is 103 Å². The molecule has 0 amide bonds. The first-order chi connectivity index (χ1) is 7.18. The van der Waals surface area contributed by atoms with Crippen molar-refractivity contribution in [2.75, 3.05) is 13.2 Å². The highest BCUT2D eigenvalue weighted by molar-refractivity contribution is 9.10. The van der Waals surface area contributed by atoms with Gasteiger partial charge in [0, 0.05) is 23.0 Å². The molecule has 2 rings (SSSR count). The van der Waals surface area contributed by atoms with Gasteiger partial charge in [-0.3, -0.25) is 0 Å². The molecule has 82 valence electrons. The Kier molecular flexibility index (Phi) is 3.67. The molecule has 2 unspecified atom stereocenters. The molecular formula is C11H13BrClNO. The predicted octanol–water partition coefficient (Wildman–Crippen LogP) is 3.14. The number of rotatable bonds is 2. The summed E-state index contributed by atoms with van der Waals surface area (Å²) in [5, 5.41) is 0.716. The third kappa shape index (κ3) is 2.53. The van der Waals surface area contributed by atoms with Gasteiger partial charge in [0.05, 0.1) is 11.6 Å². The van der Waals surface area contributed by atoms with E-state index in [1.165, 1.54) is 0 Å². The highest BCUT2D eigenvalue weighted by Crippen LogP contribution is 2.30. The van der Waals surface area contributed by atoms with E-state index < -0.39 is 0 Å². The lowest BCUT2D eigenvalue weighted by Gasteiger charge is -2.18. The first-order valence-corrected chi connectivity index (χ1v) is 6.14. The summed E-state index contributed by atoms with van der Waals surface area (Å²) >= 11 is 9.34. The summed E-state index contributed by atoms with van der Waals surface area (Å²) in [6.07, 6.45) is 1.04. The molecule has 15 heavy (non-hydrogen) atoms. The number of ether oxygens (including phenoxy) is 1. The van der Waals surface area contributed by atoms with Crippen LogP contribution in [0.25, 0.3) is 0 Å². The van der Waals surface area contributed by atoms with E-state index in [9.17, 15) is 0 Å². The second kappa shape index (κ2) is 4.83. The lowest BCUT2D eigenvalue weighted by molar-refractivity contribution is 0.181. The van der Waals surface area contributed by atoms with Gasteiger partial charge in [-0.05, 0) is 40.0 Å². The zero-order chi connectivity index (χ0) is 10.8. The molecular weight excluding hydrogens is 277 g/mol. The molecule has 0 aromatic heterocycles. The molecule has 0 spiro atoms. The summed E-state index contributed by atoms with van der Waals surface area (Å²) in [6.45, 7) is 1.59. The van der Waals surface area contributed by atoms with Crippen LogP contribution in [0.4, 0.5) is 0 Å². The molecule has 1 aliphatic rings. The monoisotopic (exact) mass is 289 g/mol. The van der Waals surface area contributed by atoms with E-state index in [2.05, 4.69) is 15.9 Å². The quantitative estimate of drug-likeness (QED) is 0.908. The Morgan fingerprint density at radius 1 is 1.53 bits per heavy atom. The maximum Gasteiger partial charge on any atom is 0.0548 e. The van der Waals surface area contributed by atoms with Gasteiger partial charge >= 0.3 is 0 Å². The Morgan fingerprint density at radius 2 is 2.33 bits per heavy atom. The minimum Gasteiger partial charge on any atom is -0.381 e. The molecule has 0 aliphatic carbocycles. The SMILES string of the molecule is NC(c1ccc(Cl)c(Br)c1)C1CCOC1. The van der Waals surface area contributed by atoms with Gasteiger partial charge in [0.2, 0.25) is 0 Å². The summed E-state index contributed by atoms with van der Waals surface area (Å²) in [5.74, 6) is 0.429. The Balaban J connectivity index is 2.17. The third-order valence-corrected chi connectivity index (χ3v) is 4.02. The molecule has 0 saturated carbocycles. The van der Waals surface area contributed by atoms with Crippen LogP contribution in [0.15, 0.2) is 22.7 Å². The zero-order valence-electron chi connectivity index (χ0n) is 8.25. The van der Waals surface area contributed by atoms with Crippen LogP contribution >= 0.6 is 27.5 Å². The van der Waals surface area contributed by atoms with Gasteiger partial charge in [-0.2, -0.15) is 0 Å². The molecule has 1 saturated heterocycles. The van der Waals surface area contributed by atoms with Gasteiger partial charge in [-0.15, -0.1) is 0 Å². The van der Waals surface area contributed by atoms with Crippen LogP contribution in [-0.2, 0) is 4.74 Å². The van der Waals surface area contributed by atoms with Crippen molar-refractivity contribution in [1.82, 2.24) is 0 Å². The van der Waals surface area contributed by atoms with E-state index in [1.807, 2.05) is 18.2 Å². The fourth-order valence-electron chi connectivity index (χ4n) is 1.83. The van der Waals surface area contributed by atoms with Crippen molar-refractivity contribution in [2.45, 2.75) is 12.5 Å². The van der Waals surface area contributed by atoms with Crippen LogP contribution < -0.4 is 5.73 Å². The number of hydrogen-bond acceptors (Lipinski definition) is 2. The second-order valence-electron chi connectivity index (χ2n) is 3.82. The Morgan fingerprint density at radius 3 is 2.93 bits per heavy atom. The first-order valence-electron chi connectivity index (χ1n) is 4.97. The van der Waals surface area contributed by atoms with Gasteiger partial charge in [0.25, 0.3) is 0 Å². The van der Waals surface area contributed by atoms with E-state index in [1.54, 1.807) is 0 Å². The molecule has 1 aliphatic heterocycles. The molecule has 1 aromatic rings. The van der Waals surface area contributed by atoms with Gasteiger partial charge in [-0.25, -0.2) is 0 Å². The van der Waals surface area contributed by atoms with Crippen LogP contribution in [0.1, 0.15) is 18.0 Å². The van der Waals surface area contributed by atoms with Crippen molar-refractivity contribution < 1.29 is 4.74 Å².